The van der Waals surface area contributed by atoms with Gasteiger partial charge in [0.05, 0.1) is 0 Å². The number of hydrazine groups is 1. The zero-order valence-electron chi connectivity index (χ0n) is 8.66. The van der Waals surface area contributed by atoms with E-state index in [2.05, 4.69) is 15.4 Å². The molecule has 1 fully saturated rings. The van der Waals surface area contributed by atoms with Gasteiger partial charge in [0.1, 0.15) is 5.82 Å². The third-order valence-corrected chi connectivity index (χ3v) is 2.52. The van der Waals surface area contributed by atoms with Gasteiger partial charge in [-0.05, 0) is 31.9 Å². The van der Waals surface area contributed by atoms with Crippen LogP contribution in [0.15, 0.2) is 18.2 Å². The molecule has 14 heavy (non-hydrogen) atoms. The largest absolute Gasteiger partial charge is 0.303 e. The Kier molecular flexibility index (Phi) is 2.99. The average Bonchev–Trinajstić information content (AvgIpc) is 2.19. The topological polar surface area (TPSA) is 28.2 Å². The summed E-state index contributed by atoms with van der Waals surface area (Å²) in [4.78, 5) is 4.41. The third-order valence-electron chi connectivity index (χ3n) is 2.52. The maximum atomic E-state index is 4.41. The monoisotopic (exact) mass is 191 g/mol. The summed E-state index contributed by atoms with van der Waals surface area (Å²) >= 11 is 0. The zero-order valence-corrected chi connectivity index (χ0v) is 8.66. The molecule has 1 aliphatic rings. The van der Waals surface area contributed by atoms with E-state index in [0.29, 0.717) is 0 Å². The number of piperidine rings is 1. The molecule has 0 bridgehead atoms. The Morgan fingerprint density at radius 3 is 2.71 bits per heavy atom. The van der Waals surface area contributed by atoms with Crippen molar-refractivity contribution in [1.29, 1.82) is 0 Å². The first-order valence-electron chi connectivity index (χ1n) is 5.30. The van der Waals surface area contributed by atoms with E-state index in [-0.39, 0.29) is 0 Å². The van der Waals surface area contributed by atoms with E-state index >= 15 is 0 Å². The molecule has 3 heteroatoms. The quantitative estimate of drug-likeness (QED) is 0.776. The summed E-state index contributed by atoms with van der Waals surface area (Å²) in [5, 5.41) is 2.26. The number of hydrogen-bond acceptors (Lipinski definition) is 3. The summed E-state index contributed by atoms with van der Waals surface area (Å²) in [6, 6.07) is 6.07. The highest BCUT2D eigenvalue weighted by Crippen LogP contribution is 2.11. The van der Waals surface area contributed by atoms with Crippen LogP contribution in [0.25, 0.3) is 0 Å². The molecule has 2 rings (SSSR count). The second kappa shape index (κ2) is 4.42. The standard InChI is InChI=1S/C11H17N3/c1-10-6-5-7-11(12-10)13-14-8-3-2-4-9-14/h5-7H,2-4,8-9H2,1H3,(H,12,13). The molecular formula is C11H17N3. The summed E-state index contributed by atoms with van der Waals surface area (Å²) in [5.74, 6) is 0.965. The van der Waals surface area contributed by atoms with Crippen LogP contribution in [0.5, 0.6) is 0 Å². The first-order chi connectivity index (χ1) is 6.84. The van der Waals surface area contributed by atoms with Gasteiger partial charge < -0.3 is 5.43 Å². The van der Waals surface area contributed by atoms with Crippen LogP contribution in [0.1, 0.15) is 25.0 Å². The van der Waals surface area contributed by atoms with Gasteiger partial charge in [-0.15, -0.1) is 0 Å². The summed E-state index contributed by atoms with van der Waals surface area (Å²) in [5.41, 5.74) is 4.41. The number of rotatable bonds is 2. The fourth-order valence-corrected chi connectivity index (χ4v) is 1.77. The molecular weight excluding hydrogens is 174 g/mol. The van der Waals surface area contributed by atoms with E-state index in [1.165, 1.54) is 19.3 Å². The van der Waals surface area contributed by atoms with Crippen LogP contribution >= 0.6 is 0 Å². The summed E-state index contributed by atoms with van der Waals surface area (Å²) in [6.45, 7) is 4.28. The highest BCUT2D eigenvalue weighted by atomic mass is 15.5. The van der Waals surface area contributed by atoms with Crippen LogP contribution in [0.3, 0.4) is 0 Å². The Hall–Kier alpha value is -1.09. The van der Waals surface area contributed by atoms with E-state index in [4.69, 9.17) is 0 Å². The third kappa shape index (κ3) is 2.45. The molecule has 0 aromatic carbocycles. The maximum absolute atomic E-state index is 4.41. The molecule has 3 nitrogen and oxygen atoms in total. The Morgan fingerprint density at radius 2 is 2.00 bits per heavy atom. The SMILES string of the molecule is Cc1cccc(NN2CCCCC2)n1. The van der Waals surface area contributed by atoms with Gasteiger partial charge in [-0.3, -0.25) is 0 Å². The van der Waals surface area contributed by atoms with Gasteiger partial charge >= 0.3 is 0 Å². The molecule has 0 radical (unpaired) electrons. The van der Waals surface area contributed by atoms with E-state index in [1.807, 2.05) is 25.1 Å². The minimum atomic E-state index is 0.965. The van der Waals surface area contributed by atoms with E-state index < -0.39 is 0 Å². The number of aryl methyl sites for hydroxylation is 1. The zero-order chi connectivity index (χ0) is 9.80. The van der Waals surface area contributed by atoms with Crippen molar-refractivity contribution in [3.63, 3.8) is 0 Å². The molecule has 1 aromatic heterocycles. The van der Waals surface area contributed by atoms with E-state index in [9.17, 15) is 0 Å². The van der Waals surface area contributed by atoms with Crippen LogP contribution in [0.4, 0.5) is 5.82 Å². The van der Waals surface area contributed by atoms with E-state index in [1.54, 1.807) is 0 Å². The van der Waals surface area contributed by atoms with Crippen molar-refractivity contribution in [1.82, 2.24) is 9.99 Å². The summed E-state index contributed by atoms with van der Waals surface area (Å²) in [7, 11) is 0. The Morgan fingerprint density at radius 1 is 1.21 bits per heavy atom. The Labute approximate surface area is 85.1 Å². The minimum absolute atomic E-state index is 0.965. The van der Waals surface area contributed by atoms with Gasteiger partial charge in [-0.25, -0.2) is 9.99 Å². The smallest absolute Gasteiger partial charge is 0.140 e. The van der Waals surface area contributed by atoms with Crippen LogP contribution in [-0.2, 0) is 0 Å². The Bertz CT molecular complexity index is 292. The van der Waals surface area contributed by atoms with Crippen LogP contribution < -0.4 is 5.43 Å². The number of nitrogens with one attached hydrogen (secondary N) is 1. The second-order valence-corrected chi connectivity index (χ2v) is 3.82. The molecule has 0 atom stereocenters. The molecule has 0 spiro atoms. The van der Waals surface area contributed by atoms with Gasteiger partial charge in [-0.2, -0.15) is 0 Å². The van der Waals surface area contributed by atoms with Gasteiger partial charge in [0.15, 0.2) is 0 Å². The van der Waals surface area contributed by atoms with Crippen molar-refractivity contribution in [3.05, 3.63) is 23.9 Å². The highest BCUT2D eigenvalue weighted by Gasteiger charge is 2.09. The molecule has 1 saturated heterocycles. The lowest BCUT2D eigenvalue weighted by Crippen LogP contribution is -2.35. The summed E-state index contributed by atoms with van der Waals surface area (Å²) in [6.07, 6.45) is 3.94. The van der Waals surface area contributed by atoms with Gasteiger partial charge in [0.2, 0.25) is 0 Å². The molecule has 0 unspecified atom stereocenters. The molecule has 0 saturated carbocycles. The number of hydrogen-bond donors (Lipinski definition) is 1. The summed E-state index contributed by atoms with van der Waals surface area (Å²) < 4.78 is 0. The van der Waals surface area contributed by atoms with Crippen LogP contribution in [-0.4, -0.2) is 23.1 Å². The molecule has 2 heterocycles. The van der Waals surface area contributed by atoms with Crippen molar-refractivity contribution in [2.45, 2.75) is 26.2 Å². The van der Waals surface area contributed by atoms with Gasteiger partial charge in [-0.1, -0.05) is 12.5 Å². The number of anilines is 1. The van der Waals surface area contributed by atoms with Crippen LogP contribution in [0, 0.1) is 6.92 Å². The average molecular weight is 191 g/mol. The number of nitrogens with zero attached hydrogens (tertiary/aromatic N) is 2. The normalized spacial score (nSPS) is 18.1. The lowest BCUT2D eigenvalue weighted by atomic mass is 10.2. The fourth-order valence-electron chi connectivity index (χ4n) is 1.77. The number of aromatic nitrogens is 1. The van der Waals surface area contributed by atoms with Gasteiger partial charge in [0, 0.05) is 18.8 Å². The predicted molar refractivity (Wildman–Crippen MR) is 58.0 cm³/mol. The van der Waals surface area contributed by atoms with Crippen molar-refractivity contribution in [2.75, 3.05) is 18.5 Å². The highest BCUT2D eigenvalue weighted by molar-refractivity contribution is 5.33. The minimum Gasteiger partial charge on any atom is -0.303 e. The van der Waals surface area contributed by atoms with Crippen molar-refractivity contribution >= 4 is 5.82 Å². The molecule has 1 aliphatic heterocycles. The van der Waals surface area contributed by atoms with Crippen molar-refractivity contribution < 1.29 is 0 Å². The molecule has 0 aliphatic carbocycles. The Balaban J connectivity index is 1.95. The first-order valence-corrected chi connectivity index (χ1v) is 5.30. The second-order valence-electron chi connectivity index (χ2n) is 3.82. The van der Waals surface area contributed by atoms with Crippen LogP contribution in [0.2, 0.25) is 0 Å². The predicted octanol–water partition coefficient (Wildman–Crippen LogP) is 2.20. The maximum Gasteiger partial charge on any atom is 0.140 e. The first kappa shape index (κ1) is 9.46. The fraction of sp³-hybridized carbons (Fsp3) is 0.545. The molecule has 1 N–H and O–H groups in total. The van der Waals surface area contributed by atoms with Crippen molar-refractivity contribution in [3.8, 4) is 0 Å². The van der Waals surface area contributed by atoms with Gasteiger partial charge in [0.25, 0.3) is 0 Å². The molecule has 0 amide bonds. The number of pyridine rings is 1. The van der Waals surface area contributed by atoms with E-state index in [0.717, 1.165) is 24.6 Å². The van der Waals surface area contributed by atoms with Crippen molar-refractivity contribution in [2.24, 2.45) is 0 Å². The lowest BCUT2D eigenvalue weighted by Gasteiger charge is -2.27. The molecule has 1 aromatic rings. The lowest BCUT2D eigenvalue weighted by molar-refractivity contribution is 0.272. The molecule has 76 valence electrons.